The van der Waals surface area contributed by atoms with E-state index in [1.165, 1.54) is 5.56 Å². The fourth-order valence-electron chi connectivity index (χ4n) is 3.00. The van der Waals surface area contributed by atoms with Gasteiger partial charge in [-0.25, -0.2) is 0 Å². The van der Waals surface area contributed by atoms with Crippen molar-refractivity contribution in [1.29, 1.82) is 0 Å². The molecule has 0 saturated heterocycles. The predicted octanol–water partition coefficient (Wildman–Crippen LogP) is 3.84. The normalized spacial score (nSPS) is 20.8. The van der Waals surface area contributed by atoms with Crippen LogP contribution in [0.3, 0.4) is 0 Å². The molecule has 2 atom stereocenters. The molecule has 0 saturated carbocycles. The molecule has 3 nitrogen and oxygen atoms in total. The lowest BCUT2D eigenvalue weighted by Crippen LogP contribution is -2.24. The second-order valence-electron chi connectivity index (χ2n) is 5.99. The summed E-state index contributed by atoms with van der Waals surface area (Å²) in [6.07, 6.45) is 0.688. The zero-order valence-corrected chi connectivity index (χ0v) is 12.7. The molecule has 3 rings (SSSR count). The highest BCUT2D eigenvalue weighted by Crippen LogP contribution is 2.41. The average molecular weight is 283 g/mol. The Morgan fingerprint density at radius 1 is 1.10 bits per heavy atom. The summed E-state index contributed by atoms with van der Waals surface area (Å²) in [4.78, 5) is 0. The first-order valence-electron chi connectivity index (χ1n) is 7.28. The van der Waals surface area contributed by atoms with Gasteiger partial charge in [0.1, 0.15) is 17.6 Å². The molecule has 0 aromatic heterocycles. The first-order valence-corrected chi connectivity index (χ1v) is 7.28. The van der Waals surface area contributed by atoms with E-state index < -0.39 is 0 Å². The van der Waals surface area contributed by atoms with Gasteiger partial charge in [0.15, 0.2) is 0 Å². The van der Waals surface area contributed by atoms with Gasteiger partial charge in [0.2, 0.25) is 0 Å². The molecular formula is C18H21NO2. The van der Waals surface area contributed by atoms with Gasteiger partial charge in [0, 0.05) is 18.0 Å². The van der Waals surface area contributed by atoms with Crippen molar-refractivity contribution < 1.29 is 9.84 Å². The summed E-state index contributed by atoms with van der Waals surface area (Å²) in [5, 5.41) is 9.90. The molecule has 0 spiro atoms. The van der Waals surface area contributed by atoms with E-state index in [-0.39, 0.29) is 12.1 Å². The van der Waals surface area contributed by atoms with Gasteiger partial charge < -0.3 is 15.6 Å². The largest absolute Gasteiger partial charge is 0.507 e. The van der Waals surface area contributed by atoms with E-state index >= 15 is 0 Å². The second kappa shape index (κ2) is 5.08. The molecule has 0 amide bonds. The van der Waals surface area contributed by atoms with Crippen LogP contribution in [0.15, 0.2) is 30.3 Å². The van der Waals surface area contributed by atoms with Gasteiger partial charge in [-0.05, 0) is 55.7 Å². The van der Waals surface area contributed by atoms with E-state index in [4.69, 9.17) is 10.5 Å². The standard InChI is InChI=1S/C18H21NO2/c1-10-4-5-16-14(6-10)15(19)9-17(21-16)13-7-11(2)18(20)12(3)8-13/h4-8,15,17,20H,9,19H2,1-3H3. The van der Waals surface area contributed by atoms with Crippen LogP contribution in [0.2, 0.25) is 0 Å². The van der Waals surface area contributed by atoms with Crippen LogP contribution in [-0.4, -0.2) is 5.11 Å². The monoisotopic (exact) mass is 283 g/mol. The number of benzene rings is 2. The van der Waals surface area contributed by atoms with Crippen LogP contribution in [0.1, 0.15) is 46.4 Å². The first kappa shape index (κ1) is 14.0. The number of aromatic hydroxyl groups is 1. The van der Waals surface area contributed by atoms with E-state index in [1.54, 1.807) is 0 Å². The molecule has 3 heteroatoms. The lowest BCUT2D eigenvalue weighted by Gasteiger charge is -2.31. The third-order valence-electron chi connectivity index (χ3n) is 4.19. The van der Waals surface area contributed by atoms with Crippen molar-refractivity contribution in [2.45, 2.75) is 39.3 Å². The molecule has 1 heterocycles. The minimum absolute atomic E-state index is 0.0203. The zero-order chi connectivity index (χ0) is 15.1. The Kier molecular flexibility index (Phi) is 3.38. The SMILES string of the molecule is Cc1ccc2c(c1)C(N)CC(c1cc(C)c(O)c(C)c1)O2. The topological polar surface area (TPSA) is 55.5 Å². The Bertz CT molecular complexity index is 671. The fraction of sp³-hybridized carbons (Fsp3) is 0.333. The molecule has 2 aromatic carbocycles. The van der Waals surface area contributed by atoms with Crippen LogP contribution in [-0.2, 0) is 0 Å². The molecule has 21 heavy (non-hydrogen) atoms. The number of hydrogen-bond acceptors (Lipinski definition) is 3. The average Bonchev–Trinajstić information content (AvgIpc) is 2.44. The van der Waals surface area contributed by atoms with Crippen molar-refractivity contribution >= 4 is 0 Å². The lowest BCUT2D eigenvalue weighted by molar-refractivity contribution is 0.161. The smallest absolute Gasteiger partial charge is 0.126 e. The maximum Gasteiger partial charge on any atom is 0.126 e. The van der Waals surface area contributed by atoms with Crippen molar-refractivity contribution in [2.24, 2.45) is 5.73 Å². The summed E-state index contributed by atoms with van der Waals surface area (Å²) >= 11 is 0. The highest BCUT2D eigenvalue weighted by Gasteiger charge is 2.27. The number of ether oxygens (including phenoxy) is 1. The van der Waals surface area contributed by atoms with Crippen LogP contribution >= 0.6 is 0 Å². The number of nitrogens with two attached hydrogens (primary N) is 1. The molecule has 1 aliphatic rings. The Labute approximate surface area is 125 Å². The van der Waals surface area contributed by atoms with Crippen molar-refractivity contribution in [1.82, 2.24) is 0 Å². The van der Waals surface area contributed by atoms with Crippen molar-refractivity contribution in [2.75, 3.05) is 0 Å². The van der Waals surface area contributed by atoms with Crippen molar-refractivity contribution in [3.63, 3.8) is 0 Å². The lowest BCUT2D eigenvalue weighted by atomic mass is 9.91. The Morgan fingerprint density at radius 3 is 2.43 bits per heavy atom. The van der Waals surface area contributed by atoms with Crippen LogP contribution in [0.5, 0.6) is 11.5 Å². The van der Waals surface area contributed by atoms with Gasteiger partial charge in [-0.1, -0.05) is 17.7 Å². The fourth-order valence-corrected chi connectivity index (χ4v) is 3.00. The summed E-state index contributed by atoms with van der Waals surface area (Å²) in [6, 6.07) is 10.1. The van der Waals surface area contributed by atoms with Crippen molar-refractivity contribution in [3.05, 3.63) is 58.1 Å². The number of phenolic OH excluding ortho intramolecular Hbond substituents is 1. The molecular weight excluding hydrogens is 262 g/mol. The van der Waals surface area contributed by atoms with Gasteiger partial charge in [-0.2, -0.15) is 0 Å². The second-order valence-corrected chi connectivity index (χ2v) is 5.99. The molecule has 0 aliphatic carbocycles. The third kappa shape index (κ3) is 2.49. The van der Waals surface area contributed by atoms with Crippen LogP contribution < -0.4 is 10.5 Å². The highest BCUT2D eigenvalue weighted by atomic mass is 16.5. The van der Waals surface area contributed by atoms with E-state index in [0.717, 1.165) is 34.4 Å². The maximum absolute atomic E-state index is 9.90. The van der Waals surface area contributed by atoms with E-state index in [1.807, 2.05) is 38.1 Å². The summed E-state index contributed by atoms with van der Waals surface area (Å²) in [7, 11) is 0. The van der Waals surface area contributed by atoms with E-state index in [9.17, 15) is 5.11 Å². The first-order chi connectivity index (χ1) is 9.95. The molecule has 0 fully saturated rings. The Balaban J connectivity index is 1.98. The van der Waals surface area contributed by atoms with Gasteiger partial charge in [-0.15, -0.1) is 0 Å². The summed E-state index contributed by atoms with van der Waals surface area (Å²) in [5.41, 5.74) is 11.4. The molecule has 2 unspecified atom stereocenters. The number of rotatable bonds is 1. The maximum atomic E-state index is 9.90. The van der Waals surface area contributed by atoms with Crippen LogP contribution in [0, 0.1) is 20.8 Å². The minimum atomic E-state index is -0.0618. The zero-order valence-electron chi connectivity index (χ0n) is 12.7. The Hall–Kier alpha value is -2.00. The molecule has 1 aliphatic heterocycles. The van der Waals surface area contributed by atoms with E-state index in [2.05, 4.69) is 13.0 Å². The van der Waals surface area contributed by atoms with Gasteiger partial charge in [-0.3, -0.25) is 0 Å². The number of aryl methyl sites for hydroxylation is 3. The molecule has 2 aromatic rings. The quantitative estimate of drug-likeness (QED) is 0.836. The molecule has 0 bridgehead atoms. The van der Waals surface area contributed by atoms with Crippen molar-refractivity contribution in [3.8, 4) is 11.5 Å². The third-order valence-corrected chi connectivity index (χ3v) is 4.19. The number of hydrogen-bond donors (Lipinski definition) is 2. The number of phenols is 1. The van der Waals surface area contributed by atoms with Gasteiger partial charge in [0.25, 0.3) is 0 Å². The summed E-state index contributed by atoms with van der Waals surface area (Å²) in [5.74, 6) is 1.22. The van der Waals surface area contributed by atoms with Crippen LogP contribution in [0.25, 0.3) is 0 Å². The number of fused-ring (bicyclic) bond motifs is 1. The molecule has 0 radical (unpaired) electrons. The Morgan fingerprint density at radius 2 is 1.76 bits per heavy atom. The summed E-state index contributed by atoms with van der Waals surface area (Å²) in [6.45, 7) is 5.88. The summed E-state index contributed by atoms with van der Waals surface area (Å²) < 4.78 is 6.13. The van der Waals surface area contributed by atoms with Gasteiger partial charge >= 0.3 is 0 Å². The van der Waals surface area contributed by atoms with E-state index in [0.29, 0.717) is 5.75 Å². The molecule has 110 valence electrons. The van der Waals surface area contributed by atoms with Crippen LogP contribution in [0.4, 0.5) is 0 Å². The predicted molar refractivity (Wildman–Crippen MR) is 83.7 cm³/mol. The molecule has 3 N–H and O–H groups in total. The van der Waals surface area contributed by atoms with Gasteiger partial charge in [0.05, 0.1) is 0 Å². The highest BCUT2D eigenvalue weighted by molar-refractivity contribution is 5.45. The minimum Gasteiger partial charge on any atom is -0.507 e.